The van der Waals surface area contributed by atoms with Crippen LogP contribution >= 0.6 is 7.14 Å². The minimum Gasteiger partial charge on any atom is -0.444 e. The van der Waals surface area contributed by atoms with Gasteiger partial charge in [0, 0.05) is 13.1 Å². The Morgan fingerprint density at radius 1 is 1.20 bits per heavy atom. The fraction of sp³-hybridized carbons (Fsp3) is 0.611. The van der Waals surface area contributed by atoms with Crippen molar-refractivity contribution in [3.63, 3.8) is 0 Å². The van der Waals surface area contributed by atoms with Crippen molar-refractivity contribution in [3.05, 3.63) is 29.3 Å². The highest BCUT2D eigenvalue weighted by atomic mass is 31.2. The Morgan fingerprint density at radius 2 is 1.76 bits per heavy atom. The van der Waals surface area contributed by atoms with E-state index in [9.17, 15) is 18.1 Å². The molecule has 0 N–H and O–H groups in total. The highest BCUT2D eigenvalue weighted by molar-refractivity contribution is 7.70. The van der Waals surface area contributed by atoms with E-state index in [0.29, 0.717) is 31.5 Å². The summed E-state index contributed by atoms with van der Waals surface area (Å²) in [4.78, 5) is 13.8. The lowest BCUT2D eigenvalue weighted by atomic mass is 9.89. The van der Waals surface area contributed by atoms with Crippen LogP contribution in [0.3, 0.4) is 0 Å². The first-order valence-electron chi connectivity index (χ1n) is 8.41. The van der Waals surface area contributed by atoms with Crippen LogP contribution in [0.2, 0.25) is 0 Å². The first-order chi connectivity index (χ1) is 11.4. The van der Waals surface area contributed by atoms with E-state index < -0.39 is 24.4 Å². The number of carbonyl (C=O) groups is 1. The van der Waals surface area contributed by atoms with Gasteiger partial charge >= 0.3 is 6.09 Å². The molecule has 1 fully saturated rings. The lowest BCUT2D eigenvalue weighted by Crippen LogP contribution is -2.41. The SMILES string of the molecule is CC(C)(C)OC(=O)N1CCC(c2ccc(F)c(F)c2P(C)(C)=O)CC1. The normalized spacial score (nSPS) is 16.8. The molecule has 0 atom stereocenters. The van der Waals surface area contributed by atoms with Crippen molar-refractivity contribution in [3.8, 4) is 0 Å². The van der Waals surface area contributed by atoms with E-state index in [4.69, 9.17) is 4.74 Å². The van der Waals surface area contributed by atoms with Crippen LogP contribution in [0.25, 0.3) is 0 Å². The Bertz CT molecular complexity index is 701. The smallest absolute Gasteiger partial charge is 0.410 e. The van der Waals surface area contributed by atoms with E-state index in [1.807, 2.05) is 20.8 Å². The molecule has 0 spiro atoms. The van der Waals surface area contributed by atoms with Gasteiger partial charge in [-0.15, -0.1) is 0 Å². The Morgan fingerprint density at radius 3 is 2.24 bits per heavy atom. The average molecular weight is 373 g/mol. The molecule has 0 aliphatic carbocycles. The minimum absolute atomic E-state index is 0.00298. The molecule has 7 heteroatoms. The lowest BCUT2D eigenvalue weighted by Gasteiger charge is -2.34. The number of rotatable bonds is 2. The molecule has 0 bridgehead atoms. The van der Waals surface area contributed by atoms with Gasteiger partial charge in [-0.25, -0.2) is 13.6 Å². The fourth-order valence-corrected chi connectivity index (χ4v) is 4.59. The number of hydrogen-bond donors (Lipinski definition) is 0. The predicted octanol–water partition coefficient (Wildman–Crippen LogP) is 4.33. The second kappa shape index (κ2) is 7.06. The van der Waals surface area contributed by atoms with Crippen LogP contribution in [0.15, 0.2) is 12.1 Å². The highest BCUT2D eigenvalue weighted by Crippen LogP contribution is 2.41. The van der Waals surface area contributed by atoms with Crippen LogP contribution in [-0.4, -0.2) is 43.0 Å². The van der Waals surface area contributed by atoms with Crippen molar-refractivity contribution < 1.29 is 22.9 Å². The summed E-state index contributed by atoms with van der Waals surface area (Å²) in [5.41, 5.74) is 0.0363. The van der Waals surface area contributed by atoms with Crippen molar-refractivity contribution in [2.45, 2.75) is 45.1 Å². The van der Waals surface area contributed by atoms with Crippen LogP contribution in [0.5, 0.6) is 0 Å². The van der Waals surface area contributed by atoms with Gasteiger partial charge in [0.2, 0.25) is 0 Å². The van der Waals surface area contributed by atoms with Crippen LogP contribution in [0.4, 0.5) is 13.6 Å². The number of ether oxygens (including phenoxy) is 1. The van der Waals surface area contributed by atoms with E-state index in [1.165, 1.54) is 19.4 Å². The number of nitrogens with zero attached hydrogens (tertiary/aromatic N) is 1. The molecule has 2 rings (SSSR count). The molecule has 4 nitrogen and oxygen atoms in total. The maximum atomic E-state index is 14.3. The van der Waals surface area contributed by atoms with Gasteiger partial charge in [-0.2, -0.15) is 0 Å². The quantitative estimate of drug-likeness (QED) is 0.725. The minimum atomic E-state index is -2.97. The fourth-order valence-electron chi connectivity index (χ4n) is 3.13. The summed E-state index contributed by atoms with van der Waals surface area (Å²) >= 11 is 0. The number of likely N-dealkylation sites (tertiary alicyclic amines) is 1. The van der Waals surface area contributed by atoms with Gasteiger partial charge < -0.3 is 14.2 Å². The van der Waals surface area contributed by atoms with Crippen molar-refractivity contribution in [1.82, 2.24) is 4.90 Å². The van der Waals surface area contributed by atoms with Gasteiger partial charge in [-0.05, 0) is 64.5 Å². The van der Waals surface area contributed by atoms with E-state index in [-0.39, 0.29) is 17.3 Å². The molecule has 1 saturated heterocycles. The zero-order valence-corrected chi connectivity index (χ0v) is 16.3. The average Bonchev–Trinajstić information content (AvgIpc) is 2.47. The standard InChI is InChI=1S/C18H26F2NO3P/c1-18(2,3)24-17(22)21-10-8-12(9-11-21)13-6-7-14(19)15(20)16(13)25(4,5)23/h6-7,12H,8-11H2,1-5H3. The van der Waals surface area contributed by atoms with Crippen molar-refractivity contribution in [1.29, 1.82) is 0 Å². The molecule has 0 saturated carbocycles. The third kappa shape index (κ3) is 4.81. The number of hydrogen-bond acceptors (Lipinski definition) is 3. The van der Waals surface area contributed by atoms with Crippen LogP contribution in [0, 0.1) is 11.6 Å². The van der Waals surface area contributed by atoms with Crippen LogP contribution < -0.4 is 5.30 Å². The molecule has 1 aliphatic rings. The van der Waals surface area contributed by atoms with E-state index in [2.05, 4.69) is 0 Å². The van der Waals surface area contributed by atoms with Crippen LogP contribution in [0.1, 0.15) is 45.1 Å². The number of halogens is 2. The molecule has 25 heavy (non-hydrogen) atoms. The summed E-state index contributed by atoms with van der Waals surface area (Å²) in [5, 5.41) is 0.00298. The monoisotopic (exact) mass is 373 g/mol. The molecule has 1 amide bonds. The van der Waals surface area contributed by atoms with Gasteiger partial charge in [-0.1, -0.05) is 6.07 Å². The van der Waals surface area contributed by atoms with Gasteiger partial charge in [0.25, 0.3) is 0 Å². The van der Waals surface area contributed by atoms with Gasteiger partial charge in [0.05, 0.1) is 5.30 Å². The first-order valence-corrected chi connectivity index (χ1v) is 11.0. The van der Waals surface area contributed by atoms with Gasteiger partial charge in [-0.3, -0.25) is 0 Å². The topological polar surface area (TPSA) is 46.6 Å². The molecule has 1 aromatic rings. The molecule has 0 aromatic heterocycles. The Kier molecular flexibility index (Phi) is 5.62. The summed E-state index contributed by atoms with van der Waals surface area (Å²) in [6.45, 7) is 9.27. The third-order valence-electron chi connectivity index (χ3n) is 4.23. The van der Waals surface area contributed by atoms with Gasteiger partial charge in [0.15, 0.2) is 11.6 Å². The van der Waals surface area contributed by atoms with Crippen molar-refractivity contribution in [2.75, 3.05) is 26.4 Å². The second-order valence-electron chi connectivity index (χ2n) is 7.89. The van der Waals surface area contributed by atoms with Gasteiger partial charge in [0.1, 0.15) is 12.7 Å². The number of carbonyl (C=O) groups excluding carboxylic acids is 1. The zero-order chi connectivity index (χ0) is 19.0. The summed E-state index contributed by atoms with van der Waals surface area (Å²) in [7, 11) is -2.97. The summed E-state index contributed by atoms with van der Waals surface area (Å²) < 4.78 is 45.7. The largest absolute Gasteiger partial charge is 0.444 e. The molecule has 0 radical (unpaired) electrons. The Labute approximate surface area is 147 Å². The molecular formula is C18H26F2NO3P. The number of benzene rings is 1. The Balaban J connectivity index is 2.18. The molecule has 1 heterocycles. The van der Waals surface area contributed by atoms with Crippen molar-refractivity contribution >= 4 is 18.5 Å². The maximum Gasteiger partial charge on any atom is 0.410 e. The van der Waals surface area contributed by atoms with E-state index in [1.54, 1.807) is 4.90 Å². The maximum absolute atomic E-state index is 14.3. The highest BCUT2D eigenvalue weighted by Gasteiger charge is 2.32. The van der Waals surface area contributed by atoms with E-state index in [0.717, 1.165) is 6.07 Å². The molecular weight excluding hydrogens is 347 g/mol. The molecule has 1 aliphatic heterocycles. The van der Waals surface area contributed by atoms with E-state index >= 15 is 0 Å². The number of piperidine rings is 1. The zero-order valence-electron chi connectivity index (χ0n) is 15.4. The number of amides is 1. The summed E-state index contributed by atoms with van der Waals surface area (Å²) in [6.07, 6.45) is 0.822. The molecule has 0 unspecified atom stereocenters. The van der Waals surface area contributed by atoms with Crippen LogP contribution in [-0.2, 0) is 9.30 Å². The molecule has 1 aromatic carbocycles. The van der Waals surface area contributed by atoms with Crippen molar-refractivity contribution in [2.24, 2.45) is 0 Å². The summed E-state index contributed by atoms with van der Waals surface area (Å²) in [6, 6.07) is 2.62. The lowest BCUT2D eigenvalue weighted by molar-refractivity contribution is 0.0205. The molecule has 140 valence electrons. The first kappa shape index (κ1) is 19.9. The third-order valence-corrected chi connectivity index (χ3v) is 5.76. The predicted molar refractivity (Wildman–Crippen MR) is 95.2 cm³/mol. The summed E-state index contributed by atoms with van der Waals surface area (Å²) in [5.74, 6) is -2.05. The second-order valence-corrected chi connectivity index (χ2v) is 11.0. The Hall–Kier alpha value is -1.42.